The molecule has 3 heteroatoms. The molecule has 0 heterocycles. The first-order chi connectivity index (χ1) is 4.27. The van der Waals surface area contributed by atoms with E-state index in [2.05, 4.69) is 0 Å². The monoisotopic (exact) mass is 149 g/mol. The van der Waals surface area contributed by atoms with Crippen molar-refractivity contribution in [1.82, 2.24) is 0 Å². The highest BCUT2D eigenvalue weighted by molar-refractivity contribution is 7.99. The Hall–Kier alpha value is 0.270. The van der Waals surface area contributed by atoms with Gasteiger partial charge in [-0.05, 0) is 19.1 Å². The Morgan fingerprint density at radius 1 is 1.67 bits per heavy atom. The summed E-state index contributed by atoms with van der Waals surface area (Å²) in [5.74, 6) is 2.03. The number of thioether (sulfide) groups is 1. The Morgan fingerprint density at radius 3 is 2.78 bits per heavy atom. The topological polar surface area (TPSA) is 46.2 Å². The molecule has 0 aliphatic carbocycles. The van der Waals surface area contributed by atoms with Crippen molar-refractivity contribution in [3.63, 3.8) is 0 Å². The maximum absolute atomic E-state index is 8.39. The van der Waals surface area contributed by atoms with Gasteiger partial charge in [0.2, 0.25) is 0 Å². The largest absolute Gasteiger partial charge is 0.396 e. The van der Waals surface area contributed by atoms with Crippen LogP contribution in [0.1, 0.15) is 13.3 Å². The van der Waals surface area contributed by atoms with Gasteiger partial charge >= 0.3 is 0 Å². The first-order valence-corrected chi connectivity index (χ1v) is 4.37. The summed E-state index contributed by atoms with van der Waals surface area (Å²) in [5, 5.41) is 8.39. The lowest BCUT2D eigenvalue weighted by Crippen LogP contribution is -2.17. The minimum atomic E-state index is 0.286. The molecule has 0 unspecified atom stereocenters. The zero-order valence-electron chi connectivity index (χ0n) is 5.84. The van der Waals surface area contributed by atoms with Gasteiger partial charge in [-0.1, -0.05) is 0 Å². The van der Waals surface area contributed by atoms with Gasteiger partial charge in [0.25, 0.3) is 0 Å². The molecule has 3 N–H and O–H groups in total. The highest BCUT2D eigenvalue weighted by Crippen LogP contribution is 2.02. The van der Waals surface area contributed by atoms with E-state index in [1.165, 1.54) is 0 Å². The molecule has 0 spiro atoms. The Morgan fingerprint density at radius 2 is 2.33 bits per heavy atom. The predicted octanol–water partition coefficient (Wildman–Crippen LogP) is 0.449. The molecule has 2 nitrogen and oxygen atoms in total. The molecule has 0 aromatic rings. The number of hydrogen-bond donors (Lipinski definition) is 2. The van der Waals surface area contributed by atoms with E-state index in [1.54, 1.807) is 11.8 Å². The molecule has 0 radical (unpaired) electrons. The van der Waals surface area contributed by atoms with Crippen molar-refractivity contribution >= 4 is 11.8 Å². The molecule has 0 fully saturated rings. The quantitative estimate of drug-likeness (QED) is 0.558. The van der Waals surface area contributed by atoms with Crippen molar-refractivity contribution in [2.24, 2.45) is 5.73 Å². The van der Waals surface area contributed by atoms with Crippen molar-refractivity contribution in [3.05, 3.63) is 0 Å². The molecule has 0 aliphatic rings. The summed E-state index contributed by atoms with van der Waals surface area (Å²) in [7, 11) is 0. The number of hydrogen-bond acceptors (Lipinski definition) is 3. The molecule has 9 heavy (non-hydrogen) atoms. The maximum Gasteiger partial charge on any atom is 0.0438 e. The molecular weight excluding hydrogens is 134 g/mol. The van der Waals surface area contributed by atoms with Gasteiger partial charge in [0.05, 0.1) is 0 Å². The Balaban J connectivity index is 2.75. The van der Waals surface area contributed by atoms with E-state index < -0.39 is 0 Å². The second-order valence-electron chi connectivity index (χ2n) is 2.13. The molecule has 0 saturated heterocycles. The minimum Gasteiger partial charge on any atom is -0.396 e. The maximum atomic E-state index is 8.39. The smallest absolute Gasteiger partial charge is 0.0438 e. The molecule has 0 bridgehead atoms. The van der Waals surface area contributed by atoms with Crippen LogP contribution in [0.15, 0.2) is 0 Å². The normalized spacial score (nSPS) is 13.7. The van der Waals surface area contributed by atoms with E-state index in [4.69, 9.17) is 10.8 Å². The fourth-order valence-corrected chi connectivity index (χ4v) is 1.31. The molecule has 0 aliphatic heterocycles. The van der Waals surface area contributed by atoms with Gasteiger partial charge in [-0.3, -0.25) is 0 Å². The van der Waals surface area contributed by atoms with E-state index >= 15 is 0 Å². The lowest BCUT2D eigenvalue weighted by Gasteiger charge is -2.02. The SMILES string of the molecule is C[C@@H](N)CSCCCO. The van der Waals surface area contributed by atoms with Crippen molar-refractivity contribution in [1.29, 1.82) is 0 Å². The van der Waals surface area contributed by atoms with E-state index in [0.29, 0.717) is 6.61 Å². The van der Waals surface area contributed by atoms with Gasteiger partial charge < -0.3 is 10.8 Å². The standard InChI is InChI=1S/C6H15NOS/c1-6(7)5-9-4-2-3-8/h6,8H,2-5,7H2,1H3/t6-/m1/s1. The summed E-state index contributed by atoms with van der Waals surface area (Å²) >= 11 is 1.80. The fraction of sp³-hybridized carbons (Fsp3) is 1.00. The van der Waals surface area contributed by atoms with Gasteiger partial charge in [0.1, 0.15) is 0 Å². The highest BCUT2D eigenvalue weighted by Gasteiger charge is 1.92. The Kier molecular flexibility index (Phi) is 6.58. The van der Waals surface area contributed by atoms with Crippen LogP contribution in [0.3, 0.4) is 0 Å². The Bertz CT molecular complexity index is 59.0. The predicted molar refractivity (Wildman–Crippen MR) is 42.7 cm³/mol. The van der Waals surface area contributed by atoms with Crippen LogP contribution in [-0.4, -0.2) is 29.3 Å². The highest BCUT2D eigenvalue weighted by atomic mass is 32.2. The number of aliphatic hydroxyl groups is 1. The van der Waals surface area contributed by atoms with Crippen LogP contribution in [0.5, 0.6) is 0 Å². The zero-order valence-corrected chi connectivity index (χ0v) is 6.66. The molecule has 0 rings (SSSR count). The number of rotatable bonds is 5. The van der Waals surface area contributed by atoms with Gasteiger partial charge in [-0.2, -0.15) is 11.8 Å². The lowest BCUT2D eigenvalue weighted by atomic mass is 10.4. The summed E-state index contributed by atoms with van der Waals surface area (Å²) in [5.41, 5.74) is 5.49. The van der Waals surface area contributed by atoms with Crippen molar-refractivity contribution < 1.29 is 5.11 Å². The van der Waals surface area contributed by atoms with E-state index in [0.717, 1.165) is 17.9 Å². The van der Waals surface area contributed by atoms with Crippen LogP contribution < -0.4 is 5.73 Å². The summed E-state index contributed by atoms with van der Waals surface area (Å²) < 4.78 is 0. The second-order valence-corrected chi connectivity index (χ2v) is 3.28. The van der Waals surface area contributed by atoms with Gasteiger partial charge in [0.15, 0.2) is 0 Å². The second kappa shape index (κ2) is 6.39. The van der Waals surface area contributed by atoms with Crippen LogP contribution in [0.2, 0.25) is 0 Å². The fourth-order valence-electron chi connectivity index (χ4n) is 0.436. The summed E-state index contributed by atoms with van der Waals surface area (Å²) in [6.45, 7) is 2.29. The first kappa shape index (κ1) is 9.27. The van der Waals surface area contributed by atoms with Gasteiger partial charge in [0, 0.05) is 18.4 Å². The Labute approximate surface area is 60.8 Å². The number of nitrogens with two attached hydrogens (primary N) is 1. The third-order valence-corrected chi connectivity index (χ3v) is 2.17. The van der Waals surface area contributed by atoms with E-state index in [-0.39, 0.29) is 6.04 Å². The minimum absolute atomic E-state index is 0.286. The zero-order chi connectivity index (χ0) is 7.11. The number of aliphatic hydroxyl groups excluding tert-OH is 1. The molecule has 0 aromatic carbocycles. The van der Waals surface area contributed by atoms with Crippen LogP contribution in [0.4, 0.5) is 0 Å². The van der Waals surface area contributed by atoms with Gasteiger partial charge in [-0.25, -0.2) is 0 Å². The molecule has 1 atom stereocenters. The van der Waals surface area contributed by atoms with E-state index in [1.807, 2.05) is 6.92 Å². The molecule has 56 valence electrons. The summed E-state index contributed by atoms with van der Waals surface area (Å²) in [6.07, 6.45) is 0.886. The van der Waals surface area contributed by atoms with Crippen LogP contribution in [0, 0.1) is 0 Å². The van der Waals surface area contributed by atoms with Crippen LogP contribution >= 0.6 is 11.8 Å². The lowest BCUT2D eigenvalue weighted by molar-refractivity contribution is 0.296. The third kappa shape index (κ3) is 8.27. The van der Waals surface area contributed by atoms with Crippen LogP contribution in [-0.2, 0) is 0 Å². The summed E-state index contributed by atoms with van der Waals surface area (Å²) in [6, 6.07) is 0.286. The molecule has 0 saturated carbocycles. The average molecular weight is 149 g/mol. The first-order valence-electron chi connectivity index (χ1n) is 3.21. The summed E-state index contributed by atoms with van der Waals surface area (Å²) in [4.78, 5) is 0. The molecular formula is C6H15NOS. The third-order valence-electron chi connectivity index (χ3n) is 0.828. The van der Waals surface area contributed by atoms with Crippen molar-refractivity contribution in [2.75, 3.05) is 18.1 Å². The van der Waals surface area contributed by atoms with Crippen molar-refractivity contribution in [3.8, 4) is 0 Å². The van der Waals surface area contributed by atoms with Crippen molar-refractivity contribution in [2.45, 2.75) is 19.4 Å². The average Bonchev–Trinajstić information content (AvgIpc) is 1.80. The van der Waals surface area contributed by atoms with Gasteiger partial charge in [-0.15, -0.1) is 0 Å². The van der Waals surface area contributed by atoms with Crippen LogP contribution in [0.25, 0.3) is 0 Å². The molecule has 0 aromatic heterocycles. The molecule has 0 amide bonds. The van der Waals surface area contributed by atoms with E-state index in [9.17, 15) is 0 Å².